The van der Waals surface area contributed by atoms with E-state index in [4.69, 9.17) is 4.74 Å². The van der Waals surface area contributed by atoms with Crippen molar-refractivity contribution in [1.82, 2.24) is 0 Å². The molecule has 0 aromatic heterocycles. The van der Waals surface area contributed by atoms with Crippen LogP contribution >= 0.6 is 0 Å². The smallest absolute Gasteiger partial charge is 0.404 e. The highest BCUT2D eigenvalue weighted by Crippen LogP contribution is 2.33. The molecule has 1 amide bonds. The Morgan fingerprint density at radius 3 is 2.53 bits per heavy atom. The standard InChI is InChI=1S/C12H12F3NO3/c1-11(6-18-7-11)10(17)16-8-4-2-3-5-9(8)19-12(13,14)15/h2-5H,6-7H2,1H3,(H,16,17). The Morgan fingerprint density at radius 2 is 2.00 bits per heavy atom. The summed E-state index contributed by atoms with van der Waals surface area (Å²) in [6, 6.07) is 5.40. The fourth-order valence-electron chi connectivity index (χ4n) is 1.60. The summed E-state index contributed by atoms with van der Waals surface area (Å²) < 4.78 is 45.4. The van der Waals surface area contributed by atoms with Gasteiger partial charge in [0.25, 0.3) is 0 Å². The minimum Gasteiger partial charge on any atom is -0.404 e. The lowest BCUT2D eigenvalue weighted by atomic mass is 9.87. The average Bonchev–Trinajstić information content (AvgIpc) is 2.26. The summed E-state index contributed by atoms with van der Waals surface area (Å²) in [5.74, 6) is -0.829. The maximum absolute atomic E-state index is 12.2. The molecule has 1 aliphatic heterocycles. The van der Waals surface area contributed by atoms with Crippen molar-refractivity contribution in [3.05, 3.63) is 24.3 Å². The number of carbonyl (C=O) groups excluding carboxylic acids is 1. The van der Waals surface area contributed by atoms with Crippen LogP contribution in [0.1, 0.15) is 6.92 Å². The molecule has 0 unspecified atom stereocenters. The van der Waals surface area contributed by atoms with Crippen LogP contribution in [0.25, 0.3) is 0 Å². The Kier molecular flexibility index (Phi) is 3.40. The molecule has 1 aromatic carbocycles. The topological polar surface area (TPSA) is 47.6 Å². The molecular weight excluding hydrogens is 263 g/mol. The summed E-state index contributed by atoms with van der Waals surface area (Å²) in [6.07, 6.45) is -4.80. The van der Waals surface area contributed by atoms with E-state index < -0.39 is 23.4 Å². The molecular formula is C12H12F3NO3. The molecule has 4 nitrogen and oxygen atoms in total. The van der Waals surface area contributed by atoms with Crippen LogP contribution in [0.15, 0.2) is 24.3 Å². The monoisotopic (exact) mass is 275 g/mol. The van der Waals surface area contributed by atoms with Gasteiger partial charge in [-0.15, -0.1) is 13.2 Å². The van der Waals surface area contributed by atoms with E-state index in [-0.39, 0.29) is 18.9 Å². The lowest BCUT2D eigenvalue weighted by molar-refractivity contribution is -0.274. The number of nitrogens with one attached hydrogen (secondary N) is 1. The number of amides is 1. The predicted octanol–water partition coefficient (Wildman–Crippen LogP) is 2.56. The second kappa shape index (κ2) is 4.73. The maximum atomic E-state index is 12.2. The number of alkyl halides is 3. The van der Waals surface area contributed by atoms with Crippen molar-refractivity contribution in [2.75, 3.05) is 18.5 Å². The summed E-state index contributed by atoms with van der Waals surface area (Å²) in [7, 11) is 0. The number of para-hydroxylation sites is 2. The zero-order valence-electron chi connectivity index (χ0n) is 10.1. The van der Waals surface area contributed by atoms with Crippen LogP contribution in [0.5, 0.6) is 5.75 Å². The third-order valence-electron chi connectivity index (χ3n) is 2.75. The van der Waals surface area contributed by atoms with Crippen LogP contribution in [-0.2, 0) is 9.53 Å². The Hall–Kier alpha value is -1.76. The molecule has 1 aromatic rings. The van der Waals surface area contributed by atoms with Gasteiger partial charge in [-0.2, -0.15) is 0 Å². The molecule has 7 heteroatoms. The van der Waals surface area contributed by atoms with Gasteiger partial charge in [-0.3, -0.25) is 4.79 Å². The van der Waals surface area contributed by atoms with Gasteiger partial charge in [-0.05, 0) is 19.1 Å². The number of anilines is 1. The van der Waals surface area contributed by atoms with E-state index in [0.717, 1.165) is 6.07 Å². The SMILES string of the molecule is CC1(C(=O)Nc2ccccc2OC(F)(F)F)COC1. The molecule has 0 aliphatic carbocycles. The van der Waals surface area contributed by atoms with E-state index in [1.807, 2.05) is 0 Å². The first-order valence-electron chi connectivity index (χ1n) is 5.54. The normalized spacial score (nSPS) is 17.5. The van der Waals surface area contributed by atoms with Crippen LogP contribution < -0.4 is 10.1 Å². The highest BCUT2D eigenvalue weighted by molar-refractivity contribution is 5.97. The summed E-state index contributed by atoms with van der Waals surface area (Å²) in [6.45, 7) is 2.18. The summed E-state index contributed by atoms with van der Waals surface area (Å²) in [4.78, 5) is 11.9. The van der Waals surface area contributed by atoms with Crippen LogP contribution in [0.2, 0.25) is 0 Å². The molecule has 0 saturated carbocycles. The van der Waals surface area contributed by atoms with Gasteiger partial charge in [0.15, 0.2) is 5.75 Å². The number of ether oxygens (including phenoxy) is 2. The van der Waals surface area contributed by atoms with Crippen molar-refractivity contribution < 1.29 is 27.4 Å². The average molecular weight is 275 g/mol. The molecule has 0 bridgehead atoms. The highest BCUT2D eigenvalue weighted by Gasteiger charge is 2.41. The first-order valence-corrected chi connectivity index (χ1v) is 5.54. The van der Waals surface area contributed by atoms with Crippen molar-refractivity contribution in [1.29, 1.82) is 0 Å². The maximum Gasteiger partial charge on any atom is 0.573 e. The minimum absolute atomic E-state index is 0.0158. The van der Waals surface area contributed by atoms with Crippen LogP contribution in [0, 0.1) is 5.41 Å². The second-order valence-corrected chi connectivity index (χ2v) is 4.55. The molecule has 1 N–H and O–H groups in total. The number of carbonyl (C=O) groups is 1. The third kappa shape index (κ3) is 3.17. The molecule has 1 aliphatic rings. The van der Waals surface area contributed by atoms with Gasteiger partial charge in [0.1, 0.15) is 0 Å². The molecule has 0 radical (unpaired) electrons. The molecule has 2 rings (SSSR count). The van der Waals surface area contributed by atoms with Crippen LogP contribution in [0.4, 0.5) is 18.9 Å². The van der Waals surface area contributed by atoms with Crippen molar-refractivity contribution in [2.24, 2.45) is 5.41 Å². The molecule has 0 atom stereocenters. The lowest BCUT2D eigenvalue weighted by Crippen LogP contribution is -2.49. The van der Waals surface area contributed by atoms with Gasteiger partial charge in [-0.1, -0.05) is 12.1 Å². The highest BCUT2D eigenvalue weighted by atomic mass is 19.4. The van der Waals surface area contributed by atoms with Gasteiger partial charge in [-0.25, -0.2) is 0 Å². The van der Waals surface area contributed by atoms with E-state index in [1.165, 1.54) is 18.2 Å². The predicted molar refractivity (Wildman–Crippen MR) is 60.7 cm³/mol. The van der Waals surface area contributed by atoms with E-state index in [2.05, 4.69) is 10.1 Å². The van der Waals surface area contributed by atoms with Gasteiger partial charge < -0.3 is 14.8 Å². The largest absolute Gasteiger partial charge is 0.573 e. The Morgan fingerprint density at radius 1 is 1.37 bits per heavy atom. The molecule has 104 valence electrons. The summed E-state index contributed by atoms with van der Waals surface area (Å²) >= 11 is 0. The van der Waals surface area contributed by atoms with Gasteiger partial charge >= 0.3 is 6.36 Å². The van der Waals surface area contributed by atoms with E-state index >= 15 is 0 Å². The van der Waals surface area contributed by atoms with Gasteiger partial charge in [0.05, 0.1) is 24.3 Å². The van der Waals surface area contributed by atoms with E-state index in [0.29, 0.717) is 0 Å². The number of rotatable bonds is 3. The van der Waals surface area contributed by atoms with Crippen molar-refractivity contribution >= 4 is 11.6 Å². The molecule has 1 saturated heterocycles. The summed E-state index contributed by atoms with van der Waals surface area (Å²) in [5, 5.41) is 2.43. The van der Waals surface area contributed by atoms with Crippen molar-refractivity contribution in [2.45, 2.75) is 13.3 Å². The Bertz CT molecular complexity index is 483. The van der Waals surface area contributed by atoms with Crippen LogP contribution in [0.3, 0.4) is 0 Å². The lowest BCUT2D eigenvalue weighted by Gasteiger charge is -2.36. The molecule has 1 fully saturated rings. The second-order valence-electron chi connectivity index (χ2n) is 4.55. The van der Waals surface area contributed by atoms with Crippen molar-refractivity contribution in [3.8, 4) is 5.75 Å². The fraction of sp³-hybridized carbons (Fsp3) is 0.417. The van der Waals surface area contributed by atoms with Gasteiger partial charge in [0.2, 0.25) is 5.91 Å². The number of hydrogen-bond donors (Lipinski definition) is 1. The molecule has 19 heavy (non-hydrogen) atoms. The number of hydrogen-bond acceptors (Lipinski definition) is 3. The van der Waals surface area contributed by atoms with Crippen LogP contribution in [-0.4, -0.2) is 25.5 Å². The van der Waals surface area contributed by atoms with Crippen molar-refractivity contribution in [3.63, 3.8) is 0 Å². The van der Waals surface area contributed by atoms with E-state index in [9.17, 15) is 18.0 Å². The van der Waals surface area contributed by atoms with Gasteiger partial charge in [0, 0.05) is 0 Å². The van der Waals surface area contributed by atoms with E-state index in [1.54, 1.807) is 6.92 Å². The minimum atomic E-state index is -4.80. The Labute approximate surface area is 107 Å². The quantitative estimate of drug-likeness (QED) is 0.922. The molecule has 0 spiro atoms. The number of benzene rings is 1. The third-order valence-corrected chi connectivity index (χ3v) is 2.75. The Balaban J connectivity index is 2.14. The first kappa shape index (κ1) is 13.7. The number of halogens is 3. The zero-order chi connectivity index (χ0) is 14.1. The fourth-order valence-corrected chi connectivity index (χ4v) is 1.60. The summed E-state index contributed by atoms with van der Waals surface area (Å²) in [5.41, 5.74) is -0.719. The molecule has 1 heterocycles. The first-order chi connectivity index (χ1) is 8.80. The zero-order valence-corrected chi connectivity index (χ0v) is 10.1.